The number of carbonyl (C=O) groups is 2. The van der Waals surface area contributed by atoms with Crippen LogP contribution in [-0.2, 0) is 0 Å². The van der Waals surface area contributed by atoms with Gasteiger partial charge in [0.05, 0.1) is 0 Å². The molecule has 0 aliphatic carbocycles. The molecule has 0 unspecified atom stereocenters. The van der Waals surface area contributed by atoms with Gasteiger partial charge in [-0.05, 0) is 43.3 Å². The minimum atomic E-state index is -0.970. The molecule has 2 aromatic carbocycles. The number of fused-ring (bicyclic) bond motifs is 2. The highest BCUT2D eigenvalue weighted by Gasteiger charge is 2.29. The highest BCUT2D eigenvalue weighted by molar-refractivity contribution is 5.99. The fourth-order valence-electron chi connectivity index (χ4n) is 4.22. The fraction of sp³-hybridized carbons (Fsp3) is 0.200. The van der Waals surface area contributed by atoms with E-state index in [1.165, 1.54) is 40.1 Å². The van der Waals surface area contributed by atoms with Gasteiger partial charge in [-0.25, -0.2) is 9.59 Å². The average Bonchev–Trinajstić information content (AvgIpc) is 2.88. The van der Waals surface area contributed by atoms with E-state index in [1.807, 2.05) is 0 Å². The van der Waals surface area contributed by atoms with E-state index in [0.29, 0.717) is 10.9 Å². The first-order chi connectivity index (χ1) is 17.2. The van der Waals surface area contributed by atoms with Crippen molar-refractivity contribution in [2.75, 3.05) is 26.2 Å². The van der Waals surface area contributed by atoms with Crippen LogP contribution >= 0.6 is 0 Å². The van der Waals surface area contributed by atoms with Crippen LogP contribution in [0, 0.1) is 6.92 Å². The van der Waals surface area contributed by atoms with Crippen LogP contribution in [0.15, 0.2) is 54.8 Å². The molecule has 5 rings (SSSR count). The van der Waals surface area contributed by atoms with Crippen LogP contribution in [-0.4, -0.2) is 63.1 Å². The summed E-state index contributed by atoms with van der Waals surface area (Å²) < 4.78 is 10.4. The van der Waals surface area contributed by atoms with Crippen LogP contribution in [0.2, 0.25) is 0 Å². The van der Waals surface area contributed by atoms with Crippen LogP contribution in [0.3, 0.4) is 0 Å². The number of phenols is 3. The molecule has 184 valence electrons. The Hall–Kier alpha value is -4.80. The highest BCUT2D eigenvalue weighted by atomic mass is 16.4. The van der Waals surface area contributed by atoms with E-state index in [1.54, 1.807) is 13.0 Å². The first kappa shape index (κ1) is 23.0. The topological polar surface area (TPSA) is 162 Å². The Morgan fingerprint density at radius 2 is 1.17 bits per heavy atom. The zero-order valence-corrected chi connectivity index (χ0v) is 19.0. The first-order valence-corrected chi connectivity index (χ1v) is 11.0. The molecule has 0 saturated carbocycles. The van der Waals surface area contributed by atoms with Crippen molar-refractivity contribution in [1.82, 2.24) is 9.80 Å². The normalized spacial score (nSPS) is 13.9. The molecule has 3 N–H and O–H groups in total. The number of nitrogens with zero attached hydrogens (tertiary/aromatic N) is 2. The van der Waals surface area contributed by atoms with E-state index in [9.17, 15) is 34.5 Å². The molecule has 0 bridgehead atoms. The standard InChI is InChI=1S/C25H20N2O9/c1-12-17(28)4-2-13-10-15(24(33)35-20(12)13)22(31)26-6-8-27(9-7-26)23(32)16-11-14-3-5-18(29)19(30)21(14)36-25(16)34/h2-5,10-11,28-30H,6-9H2,1H3. The van der Waals surface area contributed by atoms with Crippen LogP contribution in [0.1, 0.15) is 26.3 Å². The third kappa shape index (κ3) is 3.70. The zero-order valence-electron chi connectivity index (χ0n) is 19.0. The van der Waals surface area contributed by atoms with Gasteiger partial charge in [-0.15, -0.1) is 0 Å². The number of carbonyl (C=O) groups excluding carboxylic acids is 2. The van der Waals surface area contributed by atoms with E-state index in [4.69, 9.17) is 8.83 Å². The maximum Gasteiger partial charge on any atom is 0.349 e. The van der Waals surface area contributed by atoms with Crippen molar-refractivity contribution in [3.05, 3.63) is 73.9 Å². The summed E-state index contributed by atoms with van der Waals surface area (Å²) in [5.41, 5.74) is -1.85. The van der Waals surface area contributed by atoms with Gasteiger partial charge < -0.3 is 34.0 Å². The van der Waals surface area contributed by atoms with Gasteiger partial charge >= 0.3 is 11.3 Å². The highest BCUT2D eigenvalue weighted by Crippen LogP contribution is 2.33. The van der Waals surface area contributed by atoms with Crippen molar-refractivity contribution in [3.8, 4) is 17.2 Å². The summed E-state index contributed by atoms with van der Waals surface area (Å²) in [6, 6.07) is 8.30. The van der Waals surface area contributed by atoms with E-state index >= 15 is 0 Å². The quantitative estimate of drug-likeness (QED) is 0.280. The molecule has 1 fully saturated rings. The van der Waals surface area contributed by atoms with E-state index < -0.39 is 34.6 Å². The Labute approximate surface area is 202 Å². The number of benzene rings is 2. The van der Waals surface area contributed by atoms with E-state index in [-0.39, 0.29) is 59.6 Å². The summed E-state index contributed by atoms with van der Waals surface area (Å²) in [6.07, 6.45) is 0. The Kier molecular flexibility index (Phi) is 5.39. The molecule has 2 aromatic heterocycles. The maximum absolute atomic E-state index is 13.0. The zero-order chi connectivity index (χ0) is 25.7. The molecule has 4 aromatic rings. The molecule has 0 radical (unpaired) electrons. The van der Waals surface area contributed by atoms with Crippen molar-refractivity contribution in [1.29, 1.82) is 0 Å². The van der Waals surface area contributed by atoms with Crippen molar-refractivity contribution < 1.29 is 33.7 Å². The van der Waals surface area contributed by atoms with Crippen molar-refractivity contribution in [3.63, 3.8) is 0 Å². The maximum atomic E-state index is 13.0. The third-order valence-corrected chi connectivity index (χ3v) is 6.29. The molecule has 0 atom stereocenters. The van der Waals surface area contributed by atoms with Crippen LogP contribution in [0.5, 0.6) is 17.2 Å². The minimum absolute atomic E-state index is 0.0269. The van der Waals surface area contributed by atoms with Gasteiger partial charge in [0.25, 0.3) is 11.8 Å². The number of hydrogen-bond donors (Lipinski definition) is 3. The average molecular weight is 492 g/mol. The molecule has 3 heterocycles. The summed E-state index contributed by atoms with van der Waals surface area (Å²) in [4.78, 5) is 53.7. The van der Waals surface area contributed by atoms with Gasteiger partial charge in [0.15, 0.2) is 11.3 Å². The van der Waals surface area contributed by atoms with Crippen molar-refractivity contribution in [2.45, 2.75) is 6.92 Å². The second-order valence-corrected chi connectivity index (χ2v) is 8.46. The van der Waals surface area contributed by atoms with Gasteiger partial charge in [0.2, 0.25) is 5.75 Å². The van der Waals surface area contributed by atoms with Crippen molar-refractivity contribution >= 4 is 33.8 Å². The SMILES string of the molecule is Cc1c(O)ccc2cc(C(=O)N3CCN(C(=O)c4cc5ccc(O)c(O)c5oc4=O)CC3)c(=O)oc12. The molecule has 0 spiro atoms. The number of hydrogen-bond acceptors (Lipinski definition) is 9. The lowest BCUT2D eigenvalue weighted by atomic mass is 10.1. The molecular formula is C25H20N2O9. The summed E-state index contributed by atoms with van der Waals surface area (Å²) >= 11 is 0. The second-order valence-electron chi connectivity index (χ2n) is 8.46. The molecule has 1 aliphatic rings. The number of phenolic OH excluding ortho intramolecular Hbond substituents is 3. The van der Waals surface area contributed by atoms with Gasteiger partial charge in [-0.1, -0.05) is 0 Å². The summed E-state index contributed by atoms with van der Waals surface area (Å²) in [5.74, 6) is -2.24. The first-order valence-electron chi connectivity index (χ1n) is 11.0. The predicted molar refractivity (Wildman–Crippen MR) is 127 cm³/mol. The molecular weight excluding hydrogens is 472 g/mol. The van der Waals surface area contributed by atoms with E-state index in [0.717, 1.165) is 0 Å². The number of amides is 2. The van der Waals surface area contributed by atoms with Crippen LogP contribution < -0.4 is 11.3 Å². The number of aromatic hydroxyl groups is 3. The molecule has 11 heteroatoms. The number of piperazine rings is 1. The predicted octanol–water partition coefficient (Wildman–Crippen LogP) is 1.92. The summed E-state index contributed by atoms with van der Waals surface area (Å²) in [6.45, 7) is 2.04. The monoisotopic (exact) mass is 492 g/mol. The third-order valence-electron chi connectivity index (χ3n) is 6.29. The Balaban J connectivity index is 1.34. The largest absolute Gasteiger partial charge is 0.508 e. The van der Waals surface area contributed by atoms with Crippen molar-refractivity contribution in [2.24, 2.45) is 0 Å². The molecule has 2 amide bonds. The molecule has 1 aliphatic heterocycles. The second kappa shape index (κ2) is 8.45. The van der Waals surface area contributed by atoms with Crippen LogP contribution in [0.4, 0.5) is 0 Å². The molecule has 11 nitrogen and oxygen atoms in total. The van der Waals surface area contributed by atoms with Gasteiger partial charge in [0, 0.05) is 42.5 Å². The molecule has 1 saturated heterocycles. The Morgan fingerprint density at radius 1 is 0.722 bits per heavy atom. The Morgan fingerprint density at radius 3 is 1.69 bits per heavy atom. The number of aryl methyl sites for hydroxylation is 1. The lowest BCUT2D eigenvalue weighted by Crippen LogP contribution is -2.51. The number of rotatable bonds is 2. The summed E-state index contributed by atoms with van der Waals surface area (Å²) in [7, 11) is 0. The van der Waals surface area contributed by atoms with Gasteiger partial charge in [0.1, 0.15) is 22.5 Å². The Bertz CT molecular complexity index is 1550. The lowest BCUT2D eigenvalue weighted by molar-refractivity contribution is 0.0531. The lowest BCUT2D eigenvalue weighted by Gasteiger charge is -2.34. The summed E-state index contributed by atoms with van der Waals surface area (Å²) in [5, 5.41) is 30.0. The smallest absolute Gasteiger partial charge is 0.349 e. The van der Waals surface area contributed by atoms with E-state index in [2.05, 4.69) is 0 Å². The molecule has 36 heavy (non-hydrogen) atoms. The fourth-order valence-corrected chi connectivity index (χ4v) is 4.22. The minimum Gasteiger partial charge on any atom is -0.508 e. The van der Waals surface area contributed by atoms with Gasteiger partial charge in [-0.2, -0.15) is 0 Å². The van der Waals surface area contributed by atoms with Crippen LogP contribution in [0.25, 0.3) is 21.9 Å². The van der Waals surface area contributed by atoms with Gasteiger partial charge in [-0.3, -0.25) is 9.59 Å².